The number of ether oxygens (including phenoxy) is 1. The van der Waals surface area contributed by atoms with Gasteiger partial charge in [0.15, 0.2) is 5.16 Å². The van der Waals surface area contributed by atoms with Crippen molar-refractivity contribution in [2.24, 2.45) is 0 Å². The van der Waals surface area contributed by atoms with E-state index in [1.54, 1.807) is 0 Å². The summed E-state index contributed by atoms with van der Waals surface area (Å²) in [7, 11) is 0. The number of carbonyl (C=O) groups excluding carboxylic acids is 1. The first-order chi connectivity index (χ1) is 12.8. The average Bonchev–Trinajstić information content (AvgIpc) is 3.46. The molecule has 1 saturated heterocycles. The maximum Gasteiger partial charge on any atom is 0.233 e. The monoisotopic (exact) mass is 372 g/mol. The van der Waals surface area contributed by atoms with Crippen molar-refractivity contribution >= 4 is 17.7 Å². The van der Waals surface area contributed by atoms with Crippen LogP contribution in [-0.4, -0.2) is 57.1 Å². The number of para-hydroxylation sites is 1. The summed E-state index contributed by atoms with van der Waals surface area (Å²) in [6.45, 7) is 4.08. The Morgan fingerprint density at radius 2 is 2.08 bits per heavy atom. The molecule has 1 aliphatic heterocycles. The molecule has 6 nitrogen and oxygen atoms in total. The quantitative estimate of drug-likeness (QED) is 0.730. The molecule has 2 aliphatic rings. The van der Waals surface area contributed by atoms with Crippen LogP contribution in [0.2, 0.25) is 0 Å². The van der Waals surface area contributed by atoms with E-state index >= 15 is 0 Å². The van der Waals surface area contributed by atoms with Crippen molar-refractivity contribution in [3.05, 3.63) is 36.2 Å². The zero-order valence-corrected chi connectivity index (χ0v) is 15.8. The number of hydrogen-bond acceptors (Lipinski definition) is 5. The molecule has 2 heterocycles. The predicted molar refractivity (Wildman–Crippen MR) is 101 cm³/mol. The van der Waals surface area contributed by atoms with E-state index in [4.69, 9.17) is 4.74 Å². The lowest BCUT2D eigenvalue weighted by Gasteiger charge is -2.32. The van der Waals surface area contributed by atoms with Crippen molar-refractivity contribution in [2.45, 2.75) is 43.4 Å². The first-order valence-electron chi connectivity index (χ1n) is 9.29. The number of carbonyl (C=O) groups is 1. The fourth-order valence-corrected chi connectivity index (χ4v) is 4.07. The highest BCUT2D eigenvalue weighted by Gasteiger charge is 2.31. The number of amides is 1. The van der Waals surface area contributed by atoms with Crippen LogP contribution in [0.15, 0.2) is 35.5 Å². The molecule has 1 amide bonds. The number of rotatable bonds is 6. The van der Waals surface area contributed by atoms with Gasteiger partial charge in [-0.2, -0.15) is 0 Å². The van der Waals surface area contributed by atoms with Gasteiger partial charge in [-0.1, -0.05) is 36.9 Å². The zero-order chi connectivity index (χ0) is 17.9. The van der Waals surface area contributed by atoms with Gasteiger partial charge in [0, 0.05) is 24.7 Å². The lowest BCUT2D eigenvalue weighted by atomic mass is 10.2. The molecule has 4 rings (SSSR count). The minimum Gasteiger partial charge on any atom is -0.375 e. The molecule has 1 atom stereocenters. The van der Waals surface area contributed by atoms with Gasteiger partial charge >= 0.3 is 0 Å². The fourth-order valence-electron chi connectivity index (χ4n) is 3.21. The Balaban J connectivity index is 1.47. The van der Waals surface area contributed by atoms with E-state index < -0.39 is 0 Å². The molecule has 2 fully saturated rings. The van der Waals surface area contributed by atoms with E-state index in [1.807, 2.05) is 23.1 Å². The molecule has 1 unspecified atom stereocenters. The van der Waals surface area contributed by atoms with Crippen LogP contribution in [0.5, 0.6) is 0 Å². The van der Waals surface area contributed by atoms with E-state index in [0.717, 1.165) is 23.1 Å². The Labute approximate surface area is 157 Å². The van der Waals surface area contributed by atoms with Crippen molar-refractivity contribution < 1.29 is 9.53 Å². The highest BCUT2D eigenvalue weighted by molar-refractivity contribution is 7.99. The van der Waals surface area contributed by atoms with Gasteiger partial charge in [-0.15, -0.1) is 10.2 Å². The lowest BCUT2D eigenvalue weighted by molar-refractivity contribution is -0.135. The second-order valence-electron chi connectivity index (χ2n) is 6.82. The van der Waals surface area contributed by atoms with E-state index in [2.05, 4.69) is 33.8 Å². The van der Waals surface area contributed by atoms with Gasteiger partial charge < -0.3 is 9.64 Å². The molecule has 0 radical (unpaired) electrons. The number of morpholine rings is 1. The van der Waals surface area contributed by atoms with E-state index in [9.17, 15) is 4.79 Å². The Hall–Kier alpha value is -1.86. The van der Waals surface area contributed by atoms with Gasteiger partial charge in [0.1, 0.15) is 5.82 Å². The SMILES string of the molecule is CCC1CN(C(=O)CSc2nnc(C3CC3)n2-c2ccccc2)CCO1. The Bertz CT molecular complexity index is 760. The lowest BCUT2D eigenvalue weighted by Crippen LogP contribution is -2.46. The number of nitrogens with zero attached hydrogens (tertiary/aromatic N) is 4. The minimum atomic E-state index is 0.146. The second kappa shape index (κ2) is 7.80. The van der Waals surface area contributed by atoms with Gasteiger partial charge in [0.2, 0.25) is 5.91 Å². The normalized spacial score (nSPS) is 20.3. The van der Waals surface area contributed by atoms with Gasteiger partial charge in [0.25, 0.3) is 0 Å². The van der Waals surface area contributed by atoms with Crippen molar-refractivity contribution in [3.8, 4) is 5.69 Å². The molecule has 1 aromatic heterocycles. The van der Waals surface area contributed by atoms with Crippen molar-refractivity contribution in [3.63, 3.8) is 0 Å². The third kappa shape index (κ3) is 3.78. The number of thioether (sulfide) groups is 1. The van der Waals surface area contributed by atoms with Gasteiger partial charge in [-0.25, -0.2) is 0 Å². The van der Waals surface area contributed by atoms with Crippen LogP contribution in [-0.2, 0) is 9.53 Å². The average molecular weight is 372 g/mol. The van der Waals surface area contributed by atoms with E-state index in [1.165, 1.54) is 24.6 Å². The topological polar surface area (TPSA) is 60.2 Å². The van der Waals surface area contributed by atoms with Crippen LogP contribution in [0, 0.1) is 0 Å². The van der Waals surface area contributed by atoms with Crippen LogP contribution in [0.1, 0.15) is 37.9 Å². The number of hydrogen-bond donors (Lipinski definition) is 0. The van der Waals surface area contributed by atoms with Gasteiger partial charge in [-0.3, -0.25) is 9.36 Å². The Morgan fingerprint density at radius 3 is 2.81 bits per heavy atom. The summed E-state index contributed by atoms with van der Waals surface area (Å²) < 4.78 is 7.77. The van der Waals surface area contributed by atoms with Crippen LogP contribution in [0.3, 0.4) is 0 Å². The van der Waals surface area contributed by atoms with Gasteiger partial charge in [0.05, 0.1) is 18.5 Å². The summed E-state index contributed by atoms with van der Waals surface area (Å²) in [5.41, 5.74) is 1.06. The third-order valence-electron chi connectivity index (χ3n) is 4.89. The van der Waals surface area contributed by atoms with Crippen LogP contribution < -0.4 is 0 Å². The summed E-state index contributed by atoms with van der Waals surface area (Å²) in [6, 6.07) is 10.2. The number of aromatic nitrogens is 3. The second-order valence-corrected chi connectivity index (χ2v) is 7.76. The van der Waals surface area contributed by atoms with Crippen LogP contribution in [0.4, 0.5) is 0 Å². The molecule has 1 aromatic carbocycles. The standard InChI is InChI=1S/C19H24N4O2S/c1-2-16-12-22(10-11-25-16)17(24)13-26-19-21-20-18(14-8-9-14)23(19)15-6-4-3-5-7-15/h3-7,14,16H,2,8-13H2,1H3. The molecule has 1 saturated carbocycles. The summed E-state index contributed by atoms with van der Waals surface area (Å²) >= 11 is 1.48. The molecule has 1 aliphatic carbocycles. The summed E-state index contributed by atoms with van der Waals surface area (Å²) in [5, 5.41) is 9.60. The summed E-state index contributed by atoms with van der Waals surface area (Å²) in [4.78, 5) is 14.5. The maximum absolute atomic E-state index is 12.6. The summed E-state index contributed by atoms with van der Waals surface area (Å²) in [6.07, 6.45) is 3.43. The Kier molecular flexibility index (Phi) is 5.26. The van der Waals surface area contributed by atoms with Crippen molar-refractivity contribution in [1.29, 1.82) is 0 Å². The number of benzene rings is 1. The molecule has 138 valence electrons. The molecule has 0 N–H and O–H groups in total. The molecule has 0 spiro atoms. The van der Waals surface area contributed by atoms with E-state index in [0.29, 0.717) is 31.4 Å². The molecule has 7 heteroatoms. The van der Waals surface area contributed by atoms with E-state index in [-0.39, 0.29) is 12.0 Å². The molecular weight excluding hydrogens is 348 g/mol. The third-order valence-corrected chi connectivity index (χ3v) is 5.80. The molecule has 2 aromatic rings. The van der Waals surface area contributed by atoms with Crippen LogP contribution >= 0.6 is 11.8 Å². The smallest absolute Gasteiger partial charge is 0.233 e. The molecule has 0 bridgehead atoms. The Morgan fingerprint density at radius 1 is 1.27 bits per heavy atom. The highest BCUT2D eigenvalue weighted by atomic mass is 32.2. The minimum absolute atomic E-state index is 0.146. The van der Waals surface area contributed by atoms with Crippen LogP contribution in [0.25, 0.3) is 5.69 Å². The summed E-state index contributed by atoms with van der Waals surface area (Å²) in [5.74, 6) is 2.04. The zero-order valence-electron chi connectivity index (χ0n) is 15.0. The molecule has 26 heavy (non-hydrogen) atoms. The van der Waals surface area contributed by atoms with Crippen molar-refractivity contribution in [2.75, 3.05) is 25.4 Å². The predicted octanol–water partition coefficient (Wildman–Crippen LogP) is 2.87. The molecular formula is C19H24N4O2S. The van der Waals surface area contributed by atoms with Gasteiger partial charge in [-0.05, 0) is 31.4 Å². The fraction of sp³-hybridized carbons (Fsp3) is 0.526. The maximum atomic E-state index is 12.6. The van der Waals surface area contributed by atoms with Crippen molar-refractivity contribution in [1.82, 2.24) is 19.7 Å². The first-order valence-corrected chi connectivity index (χ1v) is 10.3. The first kappa shape index (κ1) is 17.5. The largest absolute Gasteiger partial charge is 0.375 e. The highest BCUT2D eigenvalue weighted by Crippen LogP contribution is 2.41.